The molecule has 2 saturated carbocycles. The smallest absolute Gasteiger partial charge is 0.330 e. The van der Waals surface area contributed by atoms with Gasteiger partial charge in [-0.05, 0) is 37.5 Å². The third kappa shape index (κ3) is 2.27. The number of esters is 1. The average Bonchev–Trinajstić information content (AvgIpc) is 2.71. The maximum absolute atomic E-state index is 12.7. The summed E-state index contributed by atoms with van der Waals surface area (Å²) in [5.41, 5.74) is 1.38. The Hall–Kier alpha value is -0.930. The molecule has 2 aliphatic carbocycles. The van der Waals surface area contributed by atoms with Gasteiger partial charge < -0.3 is 4.74 Å². The fourth-order valence-electron chi connectivity index (χ4n) is 3.89. The quantitative estimate of drug-likeness (QED) is 0.724. The molecule has 0 N–H and O–H groups in total. The Labute approximate surface area is 121 Å². The summed E-state index contributed by atoms with van der Waals surface area (Å²) in [4.78, 5) is 16.5. The zero-order valence-corrected chi connectivity index (χ0v) is 13.0. The Balaban J connectivity index is 2.23. The van der Waals surface area contributed by atoms with Crippen molar-refractivity contribution < 1.29 is 13.9 Å². The molecule has 0 radical (unpaired) electrons. The molecule has 3 nitrogen and oxygen atoms in total. The largest absolute Gasteiger partial charge is 0.464 e. The highest BCUT2D eigenvalue weighted by molar-refractivity contribution is 5.96. The maximum Gasteiger partial charge on any atom is 0.330 e. The lowest BCUT2D eigenvalue weighted by Gasteiger charge is -2.35. The van der Waals surface area contributed by atoms with Crippen molar-refractivity contribution in [3.63, 3.8) is 0 Å². The summed E-state index contributed by atoms with van der Waals surface area (Å²) in [6.07, 6.45) is 3.43. The minimum Gasteiger partial charge on any atom is -0.464 e. The lowest BCUT2D eigenvalue weighted by molar-refractivity contribution is -0.144. The second-order valence-electron chi connectivity index (χ2n) is 6.81. The van der Waals surface area contributed by atoms with Crippen molar-refractivity contribution in [1.29, 1.82) is 0 Å². The molecule has 3 atom stereocenters. The molecule has 2 bridgehead atoms. The topological polar surface area (TPSA) is 38.7 Å². The van der Waals surface area contributed by atoms with Gasteiger partial charge in [0.2, 0.25) is 0 Å². The lowest BCUT2D eigenvalue weighted by atomic mass is 9.70. The van der Waals surface area contributed by atoms with Crippen molar-refractivity contribution in [2.75, 3.05) is 13.3 Å². The van der Waals surface area contributed by atoms with Crippen LogP contribution in [-0.2, 0) is 9.53 Å². The van der Waals surface area contributed by atoms with E-state index >= 15 is 0 Å². The summed E-state index contributed by atoms with van der Waals surface area (Å²) in [7, 11) is 0. The SMILES string of the molecule is CCOC(=O)[C@@H](CCF)N=C1CC2CCC1(C)C2(C)C. The zero-order valence-electron chi connectivity index (χ0n) is 13.0. The van der Waals surface area contributed by atoms with Crippen LogP contribution in [0.5, 0.6) is 0 Å². The molecule has 20 heavy (non-hydrogen) atoms. The number of fused-ring (bicyclic) bond motifs is 2. The van der Waals surface area contributed by atoms with Crippen LogP contribution in [0.15, 0.2) is 4.99 Å². The van der Waals surface area contributed by atoms with Crippen molar-refractivity contribution in [3.8, 4) is 0 Å². The van der Waals surface area contributed by atoms with Crippen LogP contribution in [0.3, 0.4) is 0 Å². The van der Waals surface area contributed by atoms with E-state index in [0.29, 0.717) is 12.5 Å². The molecule has 0 aliphatic heterocycles. The van der Waals surface area contributed by atoms with Crippen molar-refractivity contribution in [2.24, 2.45) is 21.7 Å². The highest BCUT2D eigenvalue weighted by Crippen LogP contribution is 2.64. The molecular weight excluding hydrogens is 257 g/mol. The average molecular weight is 283 g/mol. The second kappa shape index (κ2) is 5.45. The monoisotopic (exact) mass is 283 g/mol. The molecule has 0 aromatic carbocycles. The molecule has 2 unspecified atom stereocenters. The van der Waals surface area contributed by atoms with Crippen LogP contribution >= 0.6 is 0 Å². The van der Waals surface area contributed by atoms with E-state index in [1.54, 1.807) is 6.92 Å². The minimum atomic E-state index is -0.665. The van der Waals surface area contributed by atoms with E-state index in [4.69, 9.17) is 4.74 Å². The van der Waals surface area contributed by atoms with E-state index in [9.17, 15) is 9.18 Å². The number of hydrogen-bond donors (Lipinski definition) is 0. The van der Waals surface area contributed by atoms with Gasteiger partial charge in [-0.15, -0.1) is 0 Å². The molecule has 4 heteroatoms. The van der Waals surface area contributed by atoms with Crippen LogP contribution in [0.2, 0.25) is 0 Å². The van der Waals surface area contributed by atoms with E-state index in [1.807, 2.05) is 0 Å². The Morgan fingerprint density at radius 2 is 2.20 bits per heavy atom. The number of carbonyl (C=O) groups is 1. The standard InChI is InChI=1S/C16H26FNO2/c1-5-20-14(19)12(7-9-17)18-13-10-11-6-8-16(13,4)15(11,2)3/h11-12H,5-10H2,1-4H3/t11?,12-,16?/m1/s1. The fourth-order valence-corrected chi connectivity index (χ4v) is 3.89. The molecule has 0 amide bonds. The van der Waals surface area contributed by atoms with E-state index in [2.05, 4.69) is 25.8 Å². The van der Waals surface area contributed by atoms with Gasteiger partial charge in [0.1, 0.15) is 6.04 Å². The van der Waals surface area contributed by atoms with Crippen LogP contribution in [0.4, 0.5) is 4.39 Å². The summed E-state index contributed by atoms with van der Waals surface area (Å²) in [5.74, 6) is 0.251. The van der Waals surface area contributed by atoms with Gasteiger partial charge in [0, 0.05) is 17.5 Å². The Morgan fingerprint density at radius 3 is 2.65 bits per heavy atom. The summed E-state index contributed by atoms with van der Waals surface area (Å²) in [6, 6.07) is -0.665. The van der Waals surface area contributed by atoms with Gasteiger partial charge in [0.05, 0.1) is 13.3 Å². The second-order valence-corrected chi connectivity index (χ2v) is 6.81. The molecule has 2 aliphatic rings. The number of nitrogens with zero attached hydrogens (tertiary/aromatic N) is 1. The summed E-state index contributed by atoms with van der Waals surface area (Å²) in [5, 5.41) is 0. The number of carbonyl (C=O) groups excluding carboxylic acids is 1. The summed E-state index contributed by atoms with van der Waals surface area (Å²) in [6.45, 7) is 8.38. The number of ether oxygens (including phenoxy) is 1. The Kier molecular flexibility index (Phi) is 4.22. The third-order valence-corrected chi connectivity index (χ3v) is 5.77. The highest BCUT2D eigenvalue weighted by Gasteiger charge is 2.59. The van der Waals surface area contributed by atoms with Crippen LogP contribution in [-0.4, -0.2) is 31.0 Å². The van der Waals surface area contributed by atoms with E-state index in [0.717, 1.165) is 18.6 Å². The van der Waals surface area contributed by atoms with Gasteiger partial charge >= 0.3 is 5.97 Å². The molecule has 0 aromatic heterocycles. The summed E-state index contributed by atoms with van der Waals surface area (Å²) >= 11 is 0. The molecule has 0 saturated heterocycles. The van der Waals surface area contributed by atoms with Crippen molar-refractivity contribution in [2.45, 2.75) is 59.4 Å². The first-order valence-corrected chi connectivity index (χ1v) is 7.66. The first-order chi connectivity index (χ1) is 9.36. The van der Waals surface area contributed by atoms with Crippen LogP contribution in [0, 0.1) is 16.7 Å². The lowest BCUT2D eigenvalue weighted by Crippen LogP contribution is -2.34. The minimum absolute atomic E-state index is 0.0543. The molecule has 0 aromatic rings. The Morgan fingerprint density at radius 1 is 1.50 bits per heavy atom. The number of hydrogen-bond acceptors (Lipinski definition) is 3. The van der Waals surface area contributed by atoms with Crippen molar-refractivity contribution >= 4 is 11.7 Å². The maximum atomic E-state index is 12.7. The molecule has 0 spiro atoms. The number of aliphatic imine (C=N–C) groups is 1. The van der Waals surface area contributed by atoms with Gasteiger partial charge in [-0.2, -0.15) is 0 Å². The van der Waals surface area contributed by atoms with Crippen LogP contribution in [0.25, 0.3) is 0 Å². The third-order valence-electron chi connectivity index (χ3n) is 5.77. The van der Waals surface area contributed by atoms with E-state index in [1.165, 1.54) is 6.42 Å². The van der Waals surface area contributed by atoms with E-state index < -0.39 is 12.7 Å². The van der Waals surface area contributed by atoms with Gasteiger partial charge in [0.15, 0.2) is 0 Å². The van der Waals surface area contributed by atoms with Gasteiger partial charge in [-0.1, -0.05) is 20.8 Å². The predicted molar refractivity (Wildman–Crippen MR) is 77.7 cm³/mol. The van der Waals surface area contributed by atoms with E-state index in [-0.39, 0.29) is 23.2 Å². The van der Waals surface area contributed by atoms with Crippen LogP contribution < -0.4 is 0 Å². The van der Waals surface area contributed by atoms with Gasteiger partial charge in [-0.3, -0.25) is 9.38 Å². The normalized spacial score (nSPS) is 34.5. The Bertz CT molecular complexity index is 419. The molecule has 2 rings (SSSR count). The molecular formula is C16H26FNO2. The number of halogens is 1. The van der Waals surface area contributed by atoms with Crippen molar-refractivity contribution in [3.05, 3.63) is 0 Å². The van der Waals surface area contributed by atoms with Crippen molar-refractivity contribution in [1.82, 2.24) is 0 Å². The molecule has 0 heterocycles. The zero-order chi connectivity index (χ0) is 15.0. The first-order valence-electron chi connectivity index (χ1n) is 7.66. The highest BCUT2D eigenvalue weighted by atomic mass is 19.1. The van der Waals surface area contributed by atoms with Crippen LogP contribution in [0.1, 0.15) is 53.4 Å². The molecule has 114 valence electrons. The van der Waals surface area contributed by atoms with Gasteiger partial charge in [0.25, 0.3) is 0 Å². The number of alkyl halides is 1. The molecule has 2 fully saturated rings. The fraction of sp³-hybridized carbons (Fsp3) is 0.875. The predicted octanol–water partition coefficient (Wildman–Crippen LogP) is 3.56. The van der Waals surface area contributed by atoms with Gasteiger partial charge in [-0.25, -0.2) is 4.79 Å². The number of rotatable bonds is 5. The summed E-state index contributed by atoms with van der Waals surface area (Å²) < 4.78 is 17.7. The first kappa shape index (κ1) is 15.5.